The van der Waals surface area contributed by atoms with Crippen LogP contribution in [0.15, 0.2) is 40.8 Å². The number of fused-ring (bicyclic) bond motifs is 3. The lowest BCUT2D eigenvalue weighted by atomic mass is 10.0. The molecule has 0 aliphatic rings. The standard InChI is InChI=1S/C24H30N2O3.2ClH.H2O/c1-5-25(6-2)15-21(27)17-9-11-23-19(13-17)20-14-18(10-12-24(20)29-23)22(28)16-26(7-3)8-4;;;/h9-14H,5-8,15-16H2,1-4H3;2*1H;1H2. The Hall–Kier alpha value is -1.96. The van der Waals surface area contributed by atoms with Gasteiger partial charge in [-0.2, -0.15) is 0 Å². The van der Waals surface area contributed by atoms with Gasteiger partial charge in [0, 0.05) is 21.9 Å². The molecule has 1 aromatic heterocycles. The number of halogens is 2. The van der Waals surface area contributed by atoms with Gasteiger partial charge in [0.05, 0.1) is 13.1 Å². The van der Waals surface area contributed by atoms with Gasteiger partial charge in [0.25, 0.3) is 0 Å². The Morgan fingerprint density at radius 2 is 1.03 bits per heavy atom. The van der Waals surface area contributed by atoms with E-state index in [0.29, 0.717) is 24.2 Å². The molecule has 3 rings (SSSR count). The van der Waals surface area contributed by atoms with E-state index in [4.69, 9.17) is 4.42 Å². The van der Waals surface area contributed by atoms with Crippen molar-refractivity contribution in [1.82, 2.24) is 9.80 Å². The monoisotopic (exact) mass is 484 g/mol. The molecule has 0 fully saturated rings. The number of nitrogens with zero attached hydrogens (tertiary/aromatic N) is 2. The third-order valence-corrected chi connectivity index (χ3v) is 5.64. The smallest absolute Gasteiger partial charge is 0.176 e. The zero-order chi connectivity index (χ0) is 21.0. The molecule has 1 heterocycles. The third-order valence-electron chi connectivity index (χ3n) is 5.64. The van der Waals surface area contributed by atoms with E-state index < -0.39 is 0 Å². The van der Waals surface area contributed by atoms with Gasteiger partial charge in [-0.05, 0) is 62.6 Å². The molecule has 2 aromatic carbocycles. The average molecular weight is 485 g/mol. The van der Waals surface area contributed by atoms with E-state index in [2.05, 4.69) is 37.5 Å². The molecule has 178 valence electrons. The highest BCUT2D eigenvalue weighted by atomic mass is 35.5. The van der Waals surface area contributed by atoms with Gasteiger partial charge in [0.1, 0.15) is 11.2 Å². The van der Waals surface area contributed by atoms with Crippen LogP contribution in [-0.4, -0.2) is 66.1 Å². The lowest BCUT2D eigenvalue weighted by Gasteiger charge is -2.16. The third kappa shape index (κ3) is 6.53. The molecule has 0 saturated carbocycles. The van der Waals surface area contributed by atoms with Crippen molar-refractivity contribution in [3.05, 3.63) is 47.5 Å². The topological polar surface area (TPSA) is 85.3 Å². The van der Waals surface area contributed by atoms with Crippen LogP contribution in [0, 0.1) is 0 Å². The summed E-state index contributed by atoms with van der Waals surface area (Å²) in [6.07, 6.45) is 0. The van der Waals surface area contributed by atoms with Gasteiger partial charge in [-0.3, -0.25) is 19.4 Å². The number of ketones is 2. The molecule has 0 aliphatic carbocycles. The molecule has 0 saturated heterocycles. The van der Waals surface area contributed by atoms with Gasteiger partial charge in [-0.25, -0.2) is 0 Å². The van der Waals surface area contributed by atoms with E-state index in [1.165, 1.54) is 0 Å². The maximum atomic E-state index is 12.7. The molecule has 0 amide bonds. The van der Waals surface area contributed by atoms with Crippen LogP contribution in [0.5, 0.6) is 0 Å². The minimum Gasteiger partial charge on any atom is -0.456 e. The molecule has 32 heavy (non-hydrogen) atoms. The minimum atomic E-state index is 0. The number of rotatable bonds is 10. The number of hydrogen-bond acceptors (Lipinski definition) is 5. The first-order valence-corrected chi connectivity index (χ1v) is 10.5. The highest BCUT2D eigenvalue weighted by Crippen LogP contribution is 2.30. The van der Waals surface area contributed by atoms with E-state index in [9.17, 15) is 9.59 Å². The second-order valence-corrected chi connectivity index (χ2v) is 7.29. The summed E-state index contributed by atoms with van der Waals surface area (Å²) in [5.74, 6) is 0.192. The predicted molar refractivity (Wildman–Crippen MR) is 136 cm³/mol. The number of hydrogen-bond donors (Lipinski definition) is 0. The van der Waals surface area contributed by atoms with Gasteiger partial charge >= 0.3 is 0 Å². The van der Waals surface area contributed by atoms with Gasteiger partial charge in [-0.15, -0.1) is 24.8 Å². The Bertz CT molecular complexity index is 947. The lowest BCUT2D eigenvalue weighted by Crippen LogP contribution is -2.29. The Morgan fingerprint density at radius 3 is 1.34 bits per heavy atom. The summed E-state index contributed by atoms with van der Waals surface area (Å²) >= 11 is 0. The van der Waals surface area contributed by atoms with Crippen molar-refractivity contribution in [3.63, 3.8) is 0 Å². The summed E-state index contributed by atoms with van der Waals surface area (Å²) in [5.41, 5.74) is 2.81. The van der Waals surface area contributed by atoms with E-state index in [1.54, 1.807) is 0 Å². The van der Waals surface area contributed by atoms with Crippen LogP contribution in [0.25, 0.3) is 21.9 Å². The fourth-order valence-electron chi connectivity index (χ4n) is 3.61. The first-order chi connectivity index (χ1) is 14.0. The number of likely N-dealkylation sites (N-methyl/N-ethyl adjacent to an activating group) is 2. The maximum Gasteiger partial charge on any atom is 0.176 e. The van der Waals surface area contributed by atoms with Crippen molar-refractivity contribution in [2.75, 3.05) is 39.3 Å². The Balaban J connectivity index is 0.00000320. The van der Waals surface area contributed by atoms with Crippen molar-refractivity contribution in [2.45, 2.75) is 27.7 Å². The molecule has 3 aromatic rings. The normalized spacial score (nSPS) is 10.7. The Labute approximate surface area is 202 Å². The lowest BCUT2D eigenvalue weighted by molar-refractivity contribution is 0.0930. The second-order valence-electron chi connectivity index (χ2n) is 7.29. The summed E-state index contributed by atoms with van der Waals surface area (Å²) in [6, 6.07) is 11.1. The molecule has 0 atom stereocenters. The molecule has 0 radical (unpaired) electrons. The van der Waals surface area contributed by atoms with Gasteiger partial charge in [-0.1, -0.05) is 27.7 Å². The number of carbonyl (C=O) groups excluding carboxylic acids is 2. The molecule has 2 N–H and O–H groups in total. The van der Waals surface area contributed by atoms with Crippen LogP contribution in [0.3, 0.4) is 0 Å². The fraction of sp³-hybridized carbons (Fsp3) is 0.417. The summed E-state index contributed by atoms with van der Waals surface area (Å²) in [5, 5.41) is 1.76. The molecule has 0 spiro atoms. The molecular weight excluding hydrogens is 451 g/mol. The fourth-order valence-corrected chi connectivity index (χ4v) is 3.61. The van der Waals surface area contributed by atoms with E-state index in [0.717, 1.165) is 48.1 Å². The number of benzene rings is 2. The maximum absolute atomic E-state index is 12.7. The van der Waals surface area contributed by atoms with Gasteiger partial charge in [0.2, 0.25) is 0 Å². The summed E-state index contributed by atoms with van der Waals surface area (Å²) in [4.78, 5) is 29.6. The molecule has 0 aliphatic heterocycles. The van der Waals surface area contributed by atoms with Crippen LogP contribution < -0.4 is 0 Å². The molecule has 0 unspecified atom stereocenters. The first-order valence-electron chi connectivity index (χ1n) is 10.5. The Kier molecular flexibility index (Phi) is 12.7. The second kappa shape index (κ2) is 13.6. The van der Waals surface area contributed by atoms with E-state index in [1.807, 2.05) is 36.4 Å². The summed E-state index contributed by atoms with van der Waals surface area (Å²) in [7, 11) is 0. The quantitative estimate of drug-likeness (QED) is 0.390. The van der Waals surface area contributed by atoms with Crippen LogP contribution in [0.1, 0.15) is 48.4 Å². The van der Waals surface area contributed by atoms with Gasteiger partial charge in [0.15, 0.2) is 11.6 Å². The number of carbonyl (C=O) groups is 2. The molecule has 8 heteroatoms. The largest absolute Gasteiger partial charge is 0.456 e. The molecular formula is C24H34Cl2N2O4. The van der Waals surface area contributed by atoms with Crippen molar-refractivity contribution in [1.29, 1.82) is 0 Å². The highest BCUT2D eigenvalue weighted by Gasteiger charge is 2.16. The van der Waals surface area contributed by atoms with Crippen molar-refractivity contribution < 1.29 is 19.5 Å². The van der Waals surface area contributed by atoms with Crippen LogP contribution in [-0.2, 0) is 0 Å². The van der Waals surface area contributed by atoms with Crippen LogP contribution >= 0.6 is 24.8 Å². The zero-order valence-electron chi connectivity index (χ0n) is 19.1. The van der Waals surface area contributed by atoms with Gasteiger partial charge < -0.3 is 9.89 Å². The van der Waals surface area contributed by atoms with E-state index in [-0.39, 0.29) is 41.9 Å². The predicted octanol–water partition coefficient (Wildman–Crippen LogP) is 4.65. The summed E-state index contributed by atoms with van der Waals surface area (Å²) < 4.78 is 5.93. The van der Waals surface area contributed by atoms with Crippen LogP contribution in [0.2, 0.25) is 0 Å². The van der Waals surface area contributed by atoms with Crippen molar-refractivity contribution in [2.24, 2.45) is 0 Å². The van der Waals surface area contributed by atoms with E-state index >= 15 is 0 Å². The van der Waals surface area contributed by atoms with Crippen molar-refractivity contribution in [3.8, 4) is 0 Å². The Morgan fingerprint density at radius 1 is 0.688 bits per heavy atom. The number of Topliss-reactive ketones (excluding diaryl/α,β-unsaturated/α-hetero) is 2. The molecule has 6 nitrogen and oxygen atoms in total. The SMILES string of the molecule is CCN(CC)CC(=O)c1ccc2oc3ccc(C(=O)CN(CC)CC)cc3c2c1.Cl.Cl.O. The molecule has 0 bridgehead atoms. The van der Waals surface area contributed by atoms with Crippen LogP contribution in [0.4, 0.5) is 0 Å². The first kappa shape index (κ1) is 30.0. The summed E-state index contributed by atoms with van der Waals surface area (Å²) in [6.45, 7) is 12.4. The average Bonchev–Trinajstić information content (AvgIpc) is 3.12. The highest BCUT2D eigenvalue weighted by molar-refractivity contribution is 6.11. The zero-order valence-corrected chi connectivity index (χ0v) is 20.8. The minimum absolute atomic E-state index is 0. The van der Waals surface area contributed by atoms with Crippen molar-refractivity contribution >= 4 is 58.3 Å². The number of furan rings is 1.